The van der Waals surface area contributed by atoms with E-state index in [1.807, 2.05) is 4.68 Å². The van der Waals surface area contributed by atoms with Crippen LogP contribution >= 0.6 is 0 Å². The second-order valence-corrected chi connectivity index (χ2v) is 4.46. The molecule has 0 radical (unpaired) electrons. The van der Waals surface area contributed by atoms with Gasteiger partial charge in [0.25, 0.3) is 0 Å². The predicted octanol–water partition coefficient (Wildman–Crippen LogP) is 1.75. The summed E-state index contributed by atoms with van der Waals surface area (Å²) in [5, 5.41) is 7.81. The Morgan fingerprint density at radius 2 is 2.53 bits per heavy atom. The van der Waals surface area contributed by atoms with Crippen LogP contribution in [0, 0.1) is 5.92 Å². The van der Waals surface area contributed by atoms with Crippen molar-refractivity contribution in [3.63, 3.8) is 0 Å². The number of hydrogen-bond acceptors (Lipinski definition) is 3. The van der Waals surface area contributed by atoms with Crippen molar-refractivity contribution in [1.82, 2.24) is 20.1 Å². The van der Waals surface area contributed by atoms with Gasteiger partial charge >= 0.3 is 0 Å². The predicted molar refractivity (Wildman–Crippen MR) is 59.5 cm³/mol. The van der Waals surface area contributed by atoms with Crippen LogP contribution in [0.15, 0.2) is 6.33 Å². The molecule has 84 valence electrons. The molecule has 2 atom stereocenters. The van der Waals surface area contributed by atoms with E-state index >= 15 is 0 Å². The highest BCUT2D eigenvalue weighted by Crippen LogP contribution is 2.22. The lowest BCUT2D eigenvalue weighted by Gasteiger charge is -2.24. The first kappa shape index (κ1) is 10.6. The molecule has 2 rings (SSSR count). The fourth-order valence-corrected chi connectivity index (χ4v) is 1.97. The van der Waals surface area contributed by atoms with Crippen LogP contribution in [-0.4, -0.2) is 21.3 Å². The highest BCUT2D eigenvalue weighted by atomic mass is 15.3. The fourth-order valence-electron chi connectivity index (χ4n) is 1.97. The highest BCUT2D eigenvalue weighted by Gasteiger charge is 2.21. The van der Waals surface area contributed by atoms with E-state index in [1.54, 1.807) is 6.33 Å². The average Bonchev–Trinajstić information content (AvgIpc) is 2.74. The van der Waals surface area contributed by atoms with Crippen molar-refractivity contribution < 1.29 is 0 Å². The summed E-state index contributed by atoms with van der Waals surface area (Å²) in [6, 6.07) is 0.412. The van der Waals surface area contributed by atoms with Crippen LogP contribution in [0.3, 0.4) is 0 Å². The third-order valence-corrected chi connectivity index (χ3v) is 3.23. The molecule has 0 aliphatic carbocycles. The molecule has 0 bridgehead atoms. The number of nitrogens with zero attached hydrogens (tertiary/aromatic N) is 3. The first-order valence-corrected chi connectivity index (χ1v) is 5.92. The van der Waals surface area contributed by atoms with Crippen molar-refractivity contribution in [2.75, 3.05) is 6.54 Å². The lowest BCUT2D eigenvalue weighted by Crippen LogP contribution is -2.31. The molecule has 1 aromatic heterocycles. The van der Waals surface area contributed by atoms with Crippen LogP contribution in [-0.2, 0) is 6.54 Å². The molecule has 1 aromatic rings. The zero-order chi connectivity index (χ0) is 10.7. The molecule has 15 heavy (non-hydrogen) atoms. The van der Waals surface area contributed by atoms with Crippen LogP contribution in [0.4, 0.5) is 0 Å². The topological polar surface area (TPSA) is 42.7 Å². The Bertz CT molecular complexity index is 307. The Hall–Kier alpha value is -0.900. The molecular weight excluding hydrogens is 188 g/mol. The summed E-state index contributed by atoms with van der Waals surface area (Å²) in [6.45, 7) is 6.61. The van der Waals surface area contributed by atoms with Gasteiger partial charge in [-0.3, -0.25) is 0 Å². The van der Waals surface area contributed by atoms with Gasteiger partial charge in [0.15, 0.2) is 0 Å². The van der Waals surface area contributed by atoms with Crippen LogP contribution in [0.5, 0.6) is 0 Å². The van der Waals surface area contributed by atoms with Crippen molar-refractivity contribution in [3.8, 4) is 0 Å². The van der Waals surface area contributed by atoms with Gasteiger partial charge in [-0.2, -0.15) is 5.10 Å². The lowest BCUT2D eigenvalue weighted by atomic mass is 10.1. The summed E-state index contributed by atoms with van der Waals surface area (Å²) in [6.07, 6.45) is 5.29. The van der Waals surface area contributed by atoms with Gasteiger partial charge in [-0.05, 0) is 25.3 Å². The molecule has 4 nitrogen and oxygen atoms in total. The molecular formula is C11H20N4. The summed E-state index contributed by atoms with van der Waals surface area (Å²) >= 11 is 0. The molecule has 2 unspecified atom stereocenters. The number of aryl methyl sites for hydroxylation is 1. The Kier molecular flexibility index (Phi) is 3.36. The average molecular weight is 208 g/mol. The Morgan fingerprint density at radius 1 is 1.67 bits per heavy atom. The van der Waals surface area contributed by atoms with Crippen LogP contribution in [0.2, 0.25) is 0 Å². The van der Waals surface area contributed by atoms with E-state index in [1.165, 1.54) is 19.3 Å². The zero-order valence-electron chi connectivity index (χ0n) is 9.61. The van der Waals surface area contributed by atoms with E-state index in [9.17, 15) is 0 Å². The fraction of sp³-hybridized carbons (Fsp3) is 0.818. The number of hydrogen-bond donors (Lipinski definition) is 1. The molecule has 1 aliphatic rings. The first-order valence-electron chi connectivity index (χ1n) is 5.92. The number of rotatable bonds is 4. The van der Waals surface area contributed by atoms with E-state index in [4.69, 9.17) is 0 Å². The molecule has 0 amide bonds. The normalized spacial score (nSPS) is 22.4. The van der Waals surface area contributed by atoms with Crippen LogP contribution in [0.1, 0.15) is 45.0 Å². The van der Waals surface area contributed by atoms with Crippen LogP contribution in [0.25, 0.3) is 0 Å². The smallest absolute Gasteiger partial charge is 0.143 e. The van der Waals surface area contributed by atoms with Crippen molar-refractivity contribution >= 4 is 0 Å². The summed E-state index contributed by atoms with van der Waals surface area (Å²) in [4.78, 5) is 4.33. The highest BCUT2D eigenvalue weighted by molar-refractivity contribution is 4.97. The molecule has 1 N–H and O–H groups in total. The SMILES string of the molecule is CCC(C)CNC1CCCn2ncnc21. The van der Waals surface area contributed by atoms with Crippen molar-refractivity contribution in [2.24, 2.45) is 5.92 Å². The second-order valence-electron chi connectivity index (χ2n) is 4.46. The standard InChI is InChI=1S/C11H20N4/c1-3-9(2)7-12-10-5-4-6-15-11(10)13-8-14-15/h8-10,12H,3-7H2,1-2H3. The third kappa shape index (κ3) is 2.37. The zero-order valence-corrected chi connectivity index (χ0v) is 9.61. The molecule has 2 heterocycles. The summed E-state index contributed by atoms with van der Waals surface area (Å²) in [5.74, 6) is 1.85. The monoisotopic (exact) mass is 208 g/mol. The Balaban J connectivity index is 1.95. The van der Waals surface area contributed by atoms with E-state index in [0.29, 0.717) is 6.04 Å². The van der Waals surface area contributed by atoms with Gasteiger partial charge in [-0.1, -0.05) is 20.3 Å². The molecule has 0 fully saturated rings. The van der Waals surface area contributed by atoms with Gasteiger partial charge in [0.1, 0.15) is 12.2 Å². The number of fused-ring (bicyclic) bond motifs is 1. The summed E-state index contributed by atoms with van der Waals surface area (Å²) < 4.78 is 2.03. The van der Waals surface area contributed by atoms with Crippen molar-refractivity contribution in [3.05, 3.63) is 12.2 Å². The van der Waals surface area contributed by atoms with Gasteiger partial charge in [0.2, 0.25) is 0 Å². The van der Waals surface area contributed by atoms with E-state index < -0.39 is 0 Å². The van der Waals surface area contributed by atoms with Gasteiger partial charge in [0.05, 0.1) is 6.04 Å². The van der Waals surface area contributed by atoms with Crippen molar-refractivity contribution in [2.45, 2.75) is 45.7 Å². The largest absolute Gasteiger partial charge is 0.307 e. The quantitative estimate of drug-likeness (QED) is 0.819. The number of aromatic nitrogens is 3. The maximum absolute atomic E-state index is 4.33. The number of nitrogens with one attached hydrogen (secondary N) is 1. The van der Waals surface area contributed by atoms with Crippen molar-refractivity contribution in [1.29, 1.82) is 0 Å². The van der Waals surface area contributed by atoms with Crippen LogP contribution < -0.4 is 5.32 Å². The van der Waals surface area contributed by atoms with Gasteiger partial charge in [-0.15, -0.1) is 0 Å². The van der Waals surface area contributed by atoms with Gasteiger partial charge in [-0.25, -0.2) is 9.67 Å². The van der Waals surface area contributed by atoms with E-state index in [-0.39, 0.29) is 0 Å². The lowest BCUT2D eigenvalue weighted by molar-refractivity contribution is 0.347. The molecule has 4 heteroatoms. The third-order valence-electron chi connectivity index (χ3n) is 3.23. The molecule has 0 saturated carbocycles. The minimum absolute atomic E-state index is 0.412. The maximum atomic E-state index is 4.33. The first-order chi connectivity index (χ1) is 7.31. The molecule has 1 aliphatic heterocycles. The summed E-state index contributed by atoms with van der Waals surface area (Å²) in [5.41, 5.74) is 0. The summed E-state index contributed by atoms with van der Waals surface area (Å²) in [7, 11) is 0. The minimum atomic E-state index is 0.412. The van der Waals surface area contributed by atoms with Gasteiger partial charge < -0.3 is 5.32 Å². The molecule has 0 aromatic carbocycles. The molecule has 0 spiro atoms. The van der Waals surface area contributed by atoms with E-state index in [0.717, 1.165) is 24.8 Å². The minimum Gasteiger partial charge on any atom is -0.307 e. The molecule has 0 saturated heterocycles. The Labute approximate surface area is 91.1 Å². The van der Waals surface area contributed by atoms with E-state index in [2.05, 4.69) is 29.2 Å². The maximum Gasteiger partial charge on any atom is 0.143 e. The van der Waals surface area contributed by atoms with Gasteiger partial charge in [0, 0.05) is 6.54 Å². The second kappa shape index (κ2) is 4.75. The Morgan fingerprint density at radius 3 is 3.33 bits per heavy atom.